The Morgan fingerprint density at radius 3 is 1.69 bits per heavy atom. The van der Waals surface area contributed by atoms with Crippen LogP contribution < -0.4 is 0 Å². The maximum atomic E-state index is 2.27. The van der Waals surface area contributed by atoms with Gasteiger partial charge in [0.15, 0.2) is 0 Å². The fourth-order valence-electron chi connectivity index (χ4n) is 1.37. The number of hydrogen-bond donors (Lipinski definition) is 0. The monoisotopic (exact) mass is 210 g/mol. The van der Waals surface area contributed by atoms with Crippen LogP contribution in [0.4, 0.5) is 0 Å². The standard InChI is InChI=1S/C11H14S2/c1-6-12-8-10-2-3-11(5-4-10)9-13-7-1/h2-5H,1,6-9H2. The minimum absolute atomic E-state index is 1.19. The van der Waals surface area contributed by atoms with Crippen LogP contribution in [0, 0.1) is 0 Å². The molecule has 0 saturated heterocycles. The van der Waals surface area contributed by atoms with E-state index in [9.17, 15) is 0 Å². The summed E-state index contributed by atoms with van der Waals surface area (Å²) < 4.78 is 0. The van der Waals surface area contributed by atoms with E-state index in [1.807, 2.05) is 0 Å². The summed E-state index contributed by atoms with van der Waals surface area (Å²) in [6.07, 6.45) is 1.36. The fourth-order valence-corrected chi connectivity index (χ4v) is 3.40. The predicted molar refractivity (Wildman–Crippen MR) is 63.4 cm³/mol. The van der Waals surface area contributed by atoms with Gasteiger partial charge >= 0.3 is 0 Å². The molecule has 13 heavy (non-hydrogen) atoms. The largest absolute Gasteiger partial charge is 0.157 e. The molecule has 0 fully saturated rings. The Hall–Kier alpha value is -0.0800. The van der Waals surface area contributed by atoms with Crippen molar-refractivity contribution in [1.82, 2.24) is 0 Å². The minimum atomic E-state index is 1.19. The highest BCUT2D eigenvalue weighted by Crippen LogP contribution is 2.20. The predicted octanol–water partition coefficient (Wildman–Crippen LogP) is 3.56. The van der Waals surface area contributed by atoms with Gasteiger partial charge in [0, 0.05) is 11.5 Å². The molecule has 2 heteroatoms. The van der Waals surface area contributed by atoms with Crippen molar-refractivity contribution in [2.75, 3.05) is 11.5 Å². The van der Waals surface area contributed by atoms with Crippen LogP contribution >= 0.6 is 23.5 Å². The van der Waals surface area contributed by atoms with Gasteiger partial charge in [0.05, 0.1) is 0 Å². The Morgan fingerprint density at radius 1 is 0.769 bits per heavy atom. The summed E-state index contributed by atoms with van der Waals surface area (Å²) >= 11 is 4.11. The minimum Gasteiger partial charge on any atom is -0.157 e. The maximum absolute atomic E-state index is 2.27. The topological polar surface area (TPSA) is 0 Å². The summed E-state index contributed by atoms with van der Waals surface area (Å²) in [6.45, 7) is 0. The second-order valence-corrected chi connectivity index (χ2v) is 5.49. The molecule has 1 aromatic rings. The smallest absolute Gasteiger partial charge is 0.0184 e. The second-order valence-electron chi connectivity index (χ2n) is 3.28. The quantitative estimate of drug-likeness (QED) is 0.642. The van der Waals surface area contributed by atoms with Crippen LogP contribution in [0.3, 0.4) is 0 Å². The van der Waals surface area contributed by atoms with Crippen molar-refractivity contribution in [2.24, 2.45) is 0 Å². The number of benzene rings is 1. The van der Waals surface area contributed by atoms with E-state index < -0.39 is 0 Å². The van der Waals surface area contributed by atoms with Crippen LogP contribution in [0.15, 0.2) is 24.3 Å². The van der Waals surface area contributed by atoms with Crippen LogP contribution in [-0.4, -0.2) is 11.5 Å². The van der Waals surface area contributed by atoms with Gasteiger partial charge in [-0.05, 0) is 29.1 Å². The Morgan fingerprint density at radius 2 is 1.23 bits per heavy atom. The Labute approximate surface area is 88.5 Å². The highest BCUT2D eigenvalue weighted by Gasteiger charge is 1.99. The van der Waals surface area contributed by atoms with E-state index in [-0.39, 0.29) is 0 Å². The first kappa shape index (κ1) is 9.47. The van der Waals surface area contributed by atoms with Crippen LogP contribution in [0.2, 0.25) is 0 Å². The molecule has 1 aromatic carbocycles. The van der Waals surface area contributed by atoms with Gasteiger partial charge in [-0.15, -0.1) is 0 Å². The third-order valence-corrected chi connectivity index (χ3v) is 4.37. The summed E-state index contributed by atoms with van der Waals surface area (Å²) in [6, 6.07) is 9.09. The van der Waals surface area contributed by atoms with E-state index in [1.54, 1.807) is 0 Å². The van der Waals surface area contributed by atoms with Crippen LogP contribution in [0.1, 0.15) is 17.5 Å². The number of rotatable bonds is 0. The number of fused-ring (bicyclic) bond motifs is 8. The lowest BCUT2D eigenvalue weighted by Crippen LogP contribution is -1.84. The SMILES string of the molecule is c1cc2ccc1CSCCCSC2. The van der Waals surface area contributed by atoms with Crippen molar-refractivity contribution in [3.63, 3.8) is 0 Å². The lowest BCUT2D eigenvalue weighted by Gasteiger charge is -2.00. The normalized spacial score (nSPS) is 18.2. The van der Waals surface area contributed by atoms with E-state index in [4.69, 9.17) is 0 Å². The van der Waals surface area contributed by atoms with Gasteiger partial charge < -0.3 is 0 Å². The van der Waals surface area contributed by atoms with E-state index in [0.29, 0.717) is 0 Å². The average molecular weight is 210 g/mol. The molecule has 2 bridgehead atoms. The fraction of sp³-hybridized carbons (Fsp3) is 0.455. The third-order valence-electron chi connectivity index (χ3n) is 2.14. The lowest BCUT2D eigenvalue weighted by molar-refractivity contribution is 1.12. The first-order valence-electron chi connectivity index (χ1n) is 4.68. The van der Waals surface area contributed by atoms with E-state index in [1.165, 1.54) is 40.6 Å². The molecule has 2 heterocycles. The van der Waals surface area contributed by atoms with Crippen molar-refractivity contribution < 1.29 is 0 Å². The van der Waals surface area contributed by atoms with Crippen molar-refractivity contribution in [3.8, 4) is 0 Å². The van der Waals surface area contributed by atoms with E-state index >= 15 is 0 Å². The second kappa shape index (κ2) is 4.97. The molecular formula is C11H14S2. The number of hydrogen-bond acceptors (Lipinski definition) is 2. The van der Waals surface area contributed by atoms with Crippen molar-refractivity contribution in [2.45, 2.75) is 17.9 Å². The molecule has 3 rings (SSSR count). The summed E-state index contributed by atoms with van der Waals surface area (Å²) in [5, 5.41) is 0. The zero-order chi connectivity index (χ0) is 8.93. The van der Waals surface area contributed by atoms with E-state index in [0.717, 1.165) is 0 Å². The molecule has 2 aliphatic rings. The molecule has 0 saturated carbocycles. The van der Waals surface area contributed by atoms with Crippen molar-refractivity contribution in [3.05, 3.63) is 35.4 Å². The lowest BCUT2D eigenvalue weighted by atomic mass is 10.2. The van der Waals surface area contributed by atoms with Crippen molar-refractivity contribution in [1.29, 1.82) is 0 Å². The highest BCUT2D eigenvalue weighted by molar-refractivity contribution is 7.99. The van der Waals surface area contributed by atoms with Gasteiger partial charge in [-0.2, -0.15) is 23.5 Å². The van der Waals surface area contributed by atoms with Gasteiger partial charge in [0.2, 0.25) is 0 Å². The molecule has 70 valence electrons. The highest BCUT2D eigenvalue weighted by atomic mass is 32.2. The zero-order valence-corrected chi connectivity index (χ0v) is 9.29. The number of thioether (sulfide) groups is 2. The Kier molecular flexibility index (Phi) is 3.62. The van der Waals surface area contributed by atoms with Gasteiger partial charge in [0.25, 0.3) is 0 Å². The van der Waals surface area contributed by atoms with Crippen LogP contribution in [-0.2, 0) is 11.5 Å². The summed E-state index contributed by atoms with van der Waals surface area (Å²) in [4.78, 5) is 0. The average Bonchev–Trinajstić information content (AvgIpc) is 2.25. The van der Waals surface area contributed by atoms with Gasteiger partial charge in [0.1, 0.15) is 0 Å². The van der Waals surface area contributed by atoms with Gasteiger partial charge in [-0.3, -0.25) is 0 Å². The zero-order valence-electron chi connectivity index (χ0n) is 7.66. The van der Waals surface area contributed by atoms with Crippen molar-refractivity contribution >= 4 is 23.5 Å². The molecule has 0 radical (unpaired) electrons. The van der Waals surface area contributed by atoms with Crippen LogP contribution in [0.5, 0.6) is 0 Å². The maximum Gasteiger partial charge on any atom is 0.0184 e. The molecule has 0 unspecified atom stereocenters. The molecule has 0 N–H and O–H groups in total. The van der Waals surface area contributed by atoms with Gasteiger partial charge in [-0.25, -0.2) is 0 Å². The van der Waals surface area contributed by atoms with Crippen LogP contribution in [0.25, 0.3) is 0 Å². The summed E-state index contributed by atoms with van der Waals surface area (Å²) in [5.74, 6) is 5.00. The Balaban J connectivity index is 2.10. The molecular weight excluding hydrogens is 196 g/mol. The summed E-state index contributed by atoms with van der Waals surface area (Å²) in [5.41, 5.74) is 2.95. The van der Waals surface area contributed by atoms with E-state index in [2.05, 4.69) is 47.8 Å². The molecule has 0 aromatic heterocycles. The van der Waals surface area contributed by atoms with Gasteiger partial charge in [-0.1, -0.05) is 24.3 Å². The third kappa shape index (κ3) is 2.96. The summed E-state index contributed by atoms with van der Waals surface area (Å²) in [7, 11) is 0. The molecule has 0 amide bonds. The first-order valence-corrected chi connectivity index (χ1v) is 6.99. The molecule has 0 atom stereocenters. The first-order chi connectivity index (χ1) is 6.45. The molecule has 2 aliphatic heterocycles. The Bertz CT molecular complexity index is 226. The molecule has 0 nitrogen and oxygen atoms in total. The molecule has 0 spiro atoms. The molecule has 0 aliphatic carbocycles.